The third-order valence-corrected chi connectivity index (χ3v) is 4.71. The quantitative estimate of drug-likeness (QED) is 0.571. The molecule has 27 heavy (non-hydrogen) atoms. The minimum atomic E-state index is -0.340. The summed E-state index contributed by atoms with van der Waals surface area (Å²) < 4.78 is 7.52. The highest BCUT2D eigenvalue weighted by molar-refractivity contribution is 9.10. The van der Waals surface area contributed by atoms with E-state index in [0.29, 0.717) is 16.7 Å². The Hall–Kier alpha value is -2.47. The van der Waals surface area contributed by atoms with Crippen molar-refractivity contribution in [3.05, 3.63) is 68.2 Å². The third kappa shape index (κ3) is 3.95. The van der Waals surface area contributed by atoms with Crippen LogP contribution in [-0.2, 0) is 5.41 Å². The monoisotopic (exact) mass is 427 g/mol. The molecule has 140 valence electrons. The van der Waals surface area contributed by atoms with Crippen molar-refractivity contribution in [1.29, 1.82) is 0 Å². The number of ether oxygens (including phenoxy) is 1. The first-order valence-electron chi connectivity index (χ1n) is 8.62. The average Bonchev–Trinajstić information content (AvgIpc) is 2.60. The number of fused-ring (bicyclic) bond motifs is 1. The van der Waals surface area contributed by atoms with Crippen LogP contribution >= 0.6 is 15.9 Å². The highest BCUT2D eigenvalue weighted by Crippen LogP contribution is 2.23. The molecule has 0 aliphatic heterocycles. The molecular weight excluding hydrogens is 406 g/mol. The molecule has 0 aliphatic rings. The van der Waals surface area contributed by atoms with Crippen molar-refractivity contribution in [2.45, 2.75) is 33.1 Å². The molecule has 0 atom stereocenters. The van der Waals surface area contributed by atoms with Gasteiger partial charge in [-0.2, -0.15) is 9.78 Å². The molecule has 3 aromatic rings. The Labute approximate surface area is 166 Å². The summed E-state index contributed by atoms with van der Waals surface area (Å²) in [6, 6.07) is 11.3. The molecule has 0 radical (unpaired) electrons. The number of halogens is 1. The van der Waals surface area contributed by atoms with Crippen LogP contribution < -0.4 is 10.3 Å². The van der Waals surface area contributed by atoms with Crippen LogP contribution in [0.5, 0.6) is 5.75 Å². The van der Waals surface area contributed by atoms with Crippen molar-refractivity contribution in [2.24, 2.45) is 5.10 Å². The highest BCUT2D eigenvalue weighted by Gasteiger charge is 2.22. The average molecular weight is 428 g/mol. The molecule has 0 unspecified atom stereocenters. The highest BCUT2D eigenvalue weighted by atomic mass is 79.9. The van der Waals surface area contributed by atoms with E-state index in [2.05, 4.69) is 21.0 Å². The zero-order valence-electron chi connectivity index (χ0n) is 16.1. The summed E-state index contributed by atoms with van der Waals surface area (Å²) in [6.07, 6.45) is 1.68. The number of hydrogen-bond acceptors (Lipinski definition) is 4. The topological polar surface area (TPSA) is 56.5 Å². The molecule has 5 nitrogen and oxygen atoms in total. The first kappa shape index (κ1) is 19.3. The molecule has 1 aromatic heterocycles. The van der Waals surface area contributed by atoms with E-state index >= 15 is 0 Å². The first-order chi connectivity index (χ1) is 12.7. The fraction of sp³-hybridized carbons (Fsp3) is 0.286. The zero-order chi connectivity index (χ0) is 19.8. The van der Waals surface area contributed by atoms with Crippen LogP contribution in [0.1, 0.15) is 37.7 Å². The van der Waals surface area contributed by atoms with Crippen molar-refractivity contribution in [1.82, 2.24) is 9.66 Å². The minimum Gasteiger partial charge on any atom is -0.496 e. The molecule has 0 spiro atoms. The van der Waals surface area contributed by atoms with Gasteiger partial charge in [-0.1, -0.05) is 36.7 Å². The summed E-state index contributed by atoms with van der Waals surface area (Å²) in [5.74, 6) is 1.43. The fourth-order valence-corrected chi connectivity index (χ4v) is 3.21. The Kier molecular flexibility index (Phi) is 5.20. The summed E-state index contributed by atoms with van der Waals surface area (Å²) in [6.45, 7) is 8.02. The summed E-state index contributed by atoms with van der Waals surface area (Å²) >= 11 is 3.42. The molecule has 0 amide bonds. The van der Waals surface area contributed by atoms with E-state index in [4.69, 9.17) is 9.72 Å². The van der Waals surface area contributed by atoms with Gasteiger partial charge < -0.3 is 4.74 Å². The maximum absolute atomic E-state index is 13.1. The van der Waals surface area contributed by atoms with E-state index < -0.39 is 0 Å². The van der Waals surface area contributed by atoms with Crippen LogP contribution in [0.25, 0.3) is 10.9 Å². The molecule has 1 heterocycles. The van der Waals surface area contributed by atoms with E-state index in [-0.39, 0.29) is 11.0 Å². The van der Waals surface area contributed by atoms with Crippen LogP contribution in [0.2, 0.25) is 0 Å². The van der Waals surface area contributed by atoms with Crippen LogP contribution in [0.4, 0.5) is 0 Å². The van der Waals surface area contributed by atoms with E-state index in [1.165, 1.54) is 4.68 Å². The van der Waals surface area contributed by atoms with Gasteiger partial charge in [-0.15, -0.1) is 0 Å². The Morgan fingerprint density at radius 2 is 1.93 bits per heavy atom. The van der Waals surface area contributed by atoms with Gasteiger partial charge in [0.05, 0.1) is 24.2 Å². The van der Waals surface area contributed by atoms with Crippen molar-refractivity contribution in [3.63, 3.8) is 0 Å². The fourth-order valence-electron chi connectivity index (χ4n) is 2.85. The number of benzene rings is 2. The van der Waals surface area contributed by atoms with Gasteiger partial charge in [0.25, 0.3) is 5.56 Å². The molecule has 0 N–H and O–H groups in total. The van der Waals surface area contributed by atoms with Crippen LogP contribution in [0.3, 0.4) is 0 Å². The molecule has 0 saturated carbocycles. The van der Waals surface area contributed by atoms with Gasteiger partial charge in [-0.05, 0) is 54.4 Å². The van der Waals surface area contributed by atoms with Gasteiger partial charge in [0.1, 0.15) is 11.6 Å². The molecule has 0 bridgehead atoms. The van der Waals surface area contributed by atoms with Gasteiger partial charge in [-0.25, -0.2) is 4.98 Å². The second-order valence-corrected chi connectivity index (χ2v) is 8.35. The van der Waals surface area contributed by atoms with Crippen molar-refractivity contribution in [2.75, 3.05) is 7.11 Å². The lowest BCUT2D eigenvalue weighted by molar-refractivity contribution is 0.411. The van der Waals surface area contributed by atoms with Gasteiger partial charge in [-0.3, -0.25) is 4.79 Å². The third-order valence-electron chi connectivity index (χ3n) is 4.22. The maximum atomic E-state index is 13.1. The summed E-state index contributed by atoms with van der Waals surface area (Å²) in [7, 11) is 1.64. The number of aromatic nitrogens is 2. The second-order valence-electron chi connectivity index (χ2n) is 7.44. The molecule has 0 aliphatic carbocycles. The van der Waals surface area contributed by atoms with Gasteiger partial charge >= 0.3 is 0 Å². The second kappa shape index (κ2) is 7.27. The van der Waals surface area contributed by atoms with Crippen molar-refractivity contribution in [3.8, 4) is 5.75 Å². The van der Waals surface area contributed by atoms with E-state index in [1.807, 2.05) is 58.0 Å². The standard InChI is InChI=1S/C21H22BrN3O2/c1-13-10-14(6-9-18(13)27-5)12-23-25-19(26)16-11-15(22)7-8-17(16)24-20(25)21(2,3)4/h6-12H,1-5H3. The summed E-state index contributed by atoms with van der Waals surface area (Å²) in [5, 5.41) is 5.01. The molecule has 0 saturated heterocycles. The smallest absolute Gasteiger partial charge is 0.282 e. The van der Waals surface area contributed by atoms with E-state index in [9.17, 15) is 4.79 Å². The predicted molar refractivity (Wildman–Crippen MR) is 113 cm³/mol. The predicted octanol–water partition coefficient (Wildman–Crippen LogP) is 4.66. The number of nitrogens with zero attached hydrogens (tertiary/aromatic N) is 3. The first-order valence-corrected chi connectivity index (χ1v) is 9.42. The Morgan fingerprint density at radius 3 is 2.56 bits per heavy atom. The lowest BCUT2D eigenvalue weighted by Gasteiger charge is -2.20. The van der Waals surface area contributed by atoms with E-state index in [0.717, 1.165) is 21.3 Å². The zero-order valence-corrected chi connectivity index (χ0v) is 17.7. The minimum absolute atomic E-state index is 0.187. The number of rotatable bonds is 3. The summed E-state index contributed by atoms with van der Waals surface area (Å²) in [5.41, 5.74) is 2.03. The SMILES string of the molecule is COc1ccc(C=Nn2c(C(C)(C)C)nc3ccc(Br)cc3c2=O)cc1C. The Morgan fingerprint density at radius 1 is 1.19 bits per heavy atom. The van der Waals surface area contributed by atoms with Gasteiger partial charge in [0.2, 0.25) is 0 Å². The largest absolute Gasteiger partial charge is 0.496 e. The van der Waals surface area contributed by atoms with E-state index in [1.54, 1.807) is 19.4 Å². The molecule has 0 fully saturated rings. The molecule has 6 heteroatoms. The number of methoxy groups -OCH3 is 1. The van der Waals surface area contributed by atoms with Crippen LogP contribution in [0, 0.1) is 6.92 Å². The van der Waals surface area contributed by atoms with Crippen molar-refractivity contribution < 1.29 is 4.74 Å². The lowest BCUT2D eigenvalue weighted by atomic mass is 9.95. The number of aryl methyl sites for hydroxylation is 1. The van der Waals surface area contributed by atoms with Crippen LogP contribution in [-0.4, -0.2) is 23.0 Å². The number of hydrogen-bond donors (Lipinski definition) is 0. The van der Waals surface area contributed by atoms with Crippen molar-refractivity contribution >= 4 is 33.0 Å². The summed E-state index contributed by atoms with van der Waals surface area (Å²) in [4.78, 5) is 17.8. The molecule has 2 aromatic carbocycles. The van der Waals surface area contributed by atoms with Gasteiger partial charge in [0.15, 0.2) is 0 Å². The molecular formula is C21H22BrN3O2. The maximum Gasteiger partial charge on any atom is 0.282 e. The lowest BCUT2D eigenvalue weighted by Crippen LogP contribution is -2.29. The van der Waals surface area contributed by atoms with Gasteiger partial charge in [0, 0.05) is 9.89 Å². The molecule has 3 rings (SSSR count). The Bertz CT molecular complexity index is 1100. The normalized spacial score (nSPS) is 12.1. The van der Waals surface area contributed by atoms with Crippen LogP contribution in [0.15, 0.2) is 50.8 Å². The Balaban J connectivity index is 2.18.